The van der Waals surface area contributed by atoms with Gasteiger partial charge in [-0.1, -0.05) is 0 Å². The molecule has 4 rings (SSSR count). The van der Waals surface area contributed by atoms with Gasteiger partial charge in [0.2, 0.25) is 0 Å². The van der Waals surface area contributed by atoms with E-state index in [2.05, 4.69) is 20.6 Å². The van der Waals surface area contributed by atoms with E-state index in [4.69, 9.17) is 0 Å². The monoisotopic (exact) mass is 283 g/mol. The van der Waals surface area contributed by atoms with Crippen molar-refractivity contribution < 1.29 is 9.90 Å². The van der Waals surface area contributed by atoms with Crippen LogP contribution in [0.1, 0.15) is 29.2 Å². The van der Waals surface area contributed by atoms with Crippen LogP contribution in [0, 0.1) is 0 Å². The highest BCUT2D eigenvalue weighted by atomic mass is 16.3. The largest absolute Gasteiger partial charge is 0.508 e. The van der Waals surface area contributed by atoms with Crippen LogP contribution in [0.4, 0.5) is 5.82 Å². The second-order valence-corrected chi connectivity index (χ2v) is 5.20. The molecule has 0 radical (unpaired) electrons. The number of H-pyrrole nitrogens is 1. The summed E-state index contributed by atoms with van der Waals surface area (Å²) in [6, 6.07) is 5.26. The molecule has 1 aromatic carbocycles. The first-order chi connectivity index (χ1) is 10.2. The first kappa shape index (κ1) is 12.0. The molecule has 1 aliphatic carbocycles. The molecule has 21 heavy (non-hydrogen) atoms. The zero-order chi connectivity index (χ0) is 14.4. The Morgan fingerprint density at radius 2 is 2.29 bits per heavy atom. The summed E-state index contributed by atoms with van der Waals surface area (Å²) < 4.78 is 1.83. The van der Waals surface area contributed by atoms with Crippen LogP contribution in [0.2, 0.25) is 0 Å². The Morgan fingerprint density at radius 3 is 3.10 bits per heavy atom. The lowest BCUT2D eigenvalue weighted by molar-refractivity contribution is 0.102. The molecule has 7 nitrogen and oxygen atoms in total. The molecule has 7 heteroatoms. The smallest absolute Gasteiger partial charge is 0.260 e. The predicted octanol–water partition coefficient (Wildman–Crippen LogP) is 2.05. The number of benzene rings is 1. The van der Waals surface area contributed by atoms with Crippen LogP contribution >= 0.6 is 0 Å². The van der Waals surface area contributed by atoms with Crippen molar-refractivity contribution in [3.05, 3.63) is 36.2 Å². The van der Waals surface area contributed by atoms with E-state index in [0.29, 0.717) is 22.9 Å². The highest BCUT2D eigenvalue weighted by Crippen LogP contribution is 2.34. The standard InChI is InChI=1S/C14H13N5O2/c20-10-3-4-11-12(5-10)17-18-13(11)16-14(21)8-6-15-19(7-8)9-1-2-9/h3-7,9,20H,1-2H2,(H2,16,17,18,21). The van der Waals surface area contributed by atoms with Gasteiger partial charge in [-0.05, 0) is 25.0 Å². The number of nitrogens with one attached hydrogen (secondary N) is 2. The van der Waals surface area contributed by atoms with Gasteiger partial charge in [-0.25, -0.2) is 0 Å². The van der Waals surface area contributed by atoms with Crippen molar-refractivity contribution >= 4 is 22.6 Å². The second kappa shape index (κ2) is 4.34. The van der Waals surface area contributed by atoms with Gasteiger partial charge in [0, 0.05) is 17.6 Å². The summed E-state index contributed by atoms with van der Waals surface area (Å²) in [5.41, 5.74) is 1.18. The van der Waals surface area contributed by atoms with E-state index in [1.165, 1.54) is 0 Å². The number of anilines is 1. The Balaban J connectivity index is 1.59. The van der Waals surface area contributed by atoms with Crippen LogP contribution in [-0.2, 0) is 0 Å². The number of aromatic amines is 1. The fraction of sp³-hybridized carbons (Fsp3) is 0.214. The molecule has 0 aliphatic heterocycles. The fourth-order valence-corrected chi connectivity index (χ4v) is 2.28. The number of phenols is 1. The van der Waals surface area contributed by atoms with Crippen molar-refractivity contribution in [1.29, 1.82) is 0 Å². The molecule has 1 aliphatic rings. The normalized spacial score (nSPS) is 14.5. The van der Waals surface area contributed by atoms with E-state index in [1.807, 2.05) is 4.68 Å². The molecule has 1 amide bonds. The minimum absolute atomic E-state index is 0.148. The molecule has 0 saturated heterocycles. The van der Waals surface area contributed by atoms with E-state index in [1.54, 1.807) is 30.6 Å². The second-order valence-electron chi connectivity index (χ2n) is 5.20. The maximum Gasteiger partial charge on any atom is 0.260 e. The number of aromatic hydroxyl groups is 1. The molecule has 1 fully saturated rings. The summed E-state index contributed by atoms with van der Waals surface area (Å²) in [6.45, 7) is 0. The minimum atomic E-state index is -0.247. The van der Waals surface area contributed by atoms with E-state index in [-0.39, 0.29) is 11.7 Å². The van der Waals surface area contributed by atoms with Gasteiger partial charge in [0.1, 0.15) is 5.75 Å². The Bertz CT molecular complexity index is 831. The summed E-state index contributed by atoms with van der Waals surface area (Å²) in [5, 5.41) is 23.9. The molecule has 2 aromatic heterocycles. The number of hydrogen-bond donors (Lipinski definition) is 3. The van der Waals surface area contributed by atoms with Crippen LogP contribution < -0.4 is 5.32 Å². The van der Waals surface area contributed by atoms with Gasteiger partial charge in [0.15, 0.2) is 5.82 Å². The SMILES string of the molecule is O=C(Nc1n[nH]c2cc(O)ccc12)c1cnn(C2CC2)c1. The molecule has 1 saturated carbocycles. The van der Waals surface area contributed by atoms with Gasteiger partial charge >= 0.3 is 0 Å². The first-order valence-electron chi connectivity index (χ1n) is 6.73. The van der Waals surface area contributed by atoms with Gasteiger partial charge in [-0.2, -0.15) is 10.2 Å². The van der Waals surface area contributed by atoms with Crippen LogP contribution in [0.15, 0.2) is 30.6 Å². The zero-order valence-electron chi connectivity index (χ0n) is 11.1. The van der Waals surface area contributed by atoms with Crippen molar-refractivity contribution in [2.24, 2.45) is 0 Å². The molecule has 3 aromatic rings. The van der Waals surface area contributed by atoms with Crippen LogP contribution in [0.3, 0.4) is 0 Å². The van der Waals surface area contributed by atoms with Gasteiger partial charge < -0.3 is 10.4 Å². The Morgan fingerprint density at radius 1 is 1.43 bits per heavy atom. The van der Waals surface area contributed by atoms with E-state index < -0.39 is 0 Å². The highest BCUT2D eigenvalue weighted by molar-refractivity contribution is 6.07. The lowest BCUT2D eigenvalue weighted by atomic mass is 10.2. The third-order valence-corrected chi connectivity index (χ3v) is 3.56. The topological polar surface area (TPSA) is 95.8 Å². The van der Waals surface area contributed by atoms with Crippen molar-refractivity contribution in [2.75, 3.05) is 5.32 Å². The molecule has 0 bridgehead atoms. The van der Waals surface area contributed by atoms with E-state index in [9.17, 15) is 9.90 Å². The third-order valence-electron chi connectivity index (χ3n) is 3.56. The molecular formula is C14H13N5O2. The van der Waals surface area contributed by atoms with Crippen molar-refractivity contribution in [1.82, 2.24) is 20.0 Å². The summed E-state index contributed by atoms with van der Waals surface area (Å²) >= 11 is 0. The van der Waals surface area contributed by atoms with Crippen LogP contribution in [0.25, 0.3) is 10.9 Å². The average Bonchev–Trinajstić information content (AvgIpc) is 3.07. The zero-order valence-corrected chi connectivity index (χ0v) is 11.1. The fourth-order valence-electron chi connectivity index (χ4n) is 2.28. The van der Waals surface area contributed by atoms with Gasteiger partial charge in [-0.15, -0.1) is 0 Å². The van der Waals surface area contributed by atoms with Crippen molar-refractivity contribution in [3.8, 4) is 5.75 Å². The lowest BCUT2D eigenvalue weighted by Gasteiger charge is -2.00. The molecule has 0 atom stereocenters. The Kier molecular flexibility index (Phi) is 2.47. The predicted molar refractivity (Wildman–Crippen MR) is 76.2 cm³/mol. The number of hydrogen-bond acceptors (Lipinski definition) is 4. The summed E-state index contributed by atoms with van der Waals surface area (Å²) in [7, 11) is 0. The van der Waals surface area contributed by atoms with Crippen molar-refractivity contribution in [3.63, 3.8) is 0 Å². The van der Waals surface area contributed by atoms with Gasteiger partial charge in [-0.3, -0.25) is 14.6 Å². The highest BCUT2D eigenvalue weighted by Gasteiger charge is 2.25. The minimum Gasteiger partial charge on any atom is -0.508 e. The number of nitrogens with zero attached hydrogens (tertiary/aromatic N) is 3. The van der Waals surface area contributed by atoms with E-state index in [0.717, 1.165) is 18.2 Å². The van der Waals surface area contributed by atoms with Crippen LogP contribution in [0.5, 0.6) is 5.75 Å². The number of phenolic OH excluding ortho intramolecular Hbond substituents is 1. The van der Waals surface area contributed by atoms with Gasteiger partial charge in [0.25, 0.3) is 5.91 Å². The summed E-state index contributed by atoms with van der Waals surface area (Å²) in [4.78, 5) is 12.2. The molecule has 0 spiro atoms. The average molecular weight is 283 g/mol. The summed E-state index contributed by atoms with van der Waals surface area (Å²) in [6.07, 6.45) is 5.56. The molecule has 2 heterocycles. The Hall–Kier alpha value is -2.83. The van der Waals surface area contributed by atoms with E-state index >= 15 is 0 Å². The molecular weight excluding hydrogens is 270 g/mol. The number of amides is 1. The third kappa shape index (κ3) is 2.12. The number of rotatable bonds is 3. The molecule has 3 N–H and O–H groups in total. The quantitative estimate of drug-likeness (QED) is 0.685. The van der Waals surface area contributed by atoms with Crippen molar-refractivity contribution in [2.45, 2.75) is 18.9 Å². The molecule has 0 unspecified atom stereocenters. The summed E-state index contributed by atoms with van der Waals surface area (Å²) in [5.74, 6) is 0.340. The Labute approximate surface area is 119 Å². The lowest BCUT2D eigenvalue weighted by Crippen LogP contribution is -2.11. The van der Waals surface area contributed by atoms with Crippen LogP contribution in [-0.4, -0.2) is 31.0 Å². The number of aromatic nitrogens is 4. The molecule has 106 valence electrons. The number of fused-ring (bicyclic) bond motifs is 1. The first-order valence-corrected chi connectivity index (χ1v) is 6.73. The number of carbonyl (C=O) groups excluding carboxylic acids is 1. The van der Waals surface area contributed by atoms with Gasteiger partial charge in [0.05, 0.1) is 23.3 Å². The maximum atomic E-state index is 12.2. The number of carbonyl (C=O) groups is 1. The maximum absolute atomic E-state index is 12.2.